The summed E-state index contributed by atoms with van der Waals surface area (Å²) in [5.41, 5.74) is 6.05. The second kappa shape index (κ2) is 3.58. The van der Waals surface area contributed by atoms with E-state index in [1.807, 2.05) is 0 Å². The van der Waals surface area contributed by atoms with E-state index < -0.39 is 6.43 Å². The van der Waals surface area contributed by atoms with Gasteiger partial charge in [-0.05, 0) is 18.6 Å². The highest BCUT2D eigenvalue weighted by molar-refractivity contribution is 5.21. The number of nitrogens with two attached hydrogens (primary N) is 1. The summed E-state index contributed by atoms with van der Waals surface area (Å²) in [6, 6.07) is 1.12. The highest BCUT2D eigenvalue weighted by Gasteiger charge is 2.08. The first-order valence-corrected chi connectivity index (χ1v) is 3.60. The molecule has 0 radical (unpaired) electrons. The van der Waals surface area contributed by atoms with Crippen molar-refractivity contribution in [2.75, 3.05) is 0 Å². The van der Waals surface area contributed by atoms with Crippen LogP contribution in [0.5, 0.6) is 0 Å². The van der Waals surface area contributed by atoms with E-state index in [2.05, 4.69) is 4.98 Å². The molecule has 1 rings (SSSR count). The van der Waals surface area contributed by atoms with Crippen molar-refractivity contribution in [3.63, 3.8) is 0 Å². The summed E-state index contributed by atoms with van der Waals surface area (Å²) in [6.45, 7) is 1.73. The third-order valence-corrected chi connectivity index (χ3v) is 1.56. The highest BCUT2D eigenvalue weighted by Crippen LogP contribution is 2.20. The van der Waals surface area contributed by atoms with Crippen molar-refractivity contribution in [2.24, 2.45) is 5.73 Å². The summed E-state index contributed by atoms with van der Waals surface area (Å²) >= 11 is 0. The average molecular weight is 172 g/mol. The predicted octanol–water partition coefficient (Wildman–Crippen LogP) is 2.04. The zero-order valence-corrected chi connectivity index (χ0v) is 6.67. The Kier molecular flexibility index (Phi) is 2.70. The minimum absolute atomic E-state index is 0.0789. The minimum atomic E-state index is -2.48. The molecule has 0 aromatic carbocycles. The fraction of sp³-hybridized carbons (Fsp3) is 0.375. The van der Waals surface area contributed by atoms with Crippen LogP contribution in [0.3, 0.4) is 0 Å². The van der Waals surface area contributed by atoms with E-state index in [9.17, 15) is 8.78 Å². The molecule has 0 amide bonds. The molecule has 1 aromatic heterocycles. The zero-order valence-electron chi connectivity index (χ0n) is 6.67. The number of aromatic nitrogens is 1. The molecule has 1 heterocycles. The van der Waals surface area contributed by atoms with Crippen molar-refractivity contribution >= 4 is 0 Å². The van der Waals surface area contributed by atoms with Crippen LogP contribution in [0.25, 0.3) is 0 Å². The molecule has 0 spiro atoms. The van der Waals surface area contributed by atoms with Crippen LogP contribution < -0.4 is 5.73 Å². The molecule has 66 valence electrons. The lowest BCUT2D eigenvalue weighted by Gasteiger charge is -2.06. The van der Waals surface area contributed by atoms with E-state index in [1.165, 1.54) is 12.3 Å². The SMILES string of the molecule is CC(N)c1cncc(C(F)F)c1. The van der Waals surface area contributed by atoms with E-state index >= 15 is 0 Å². The van der Waals surface area contributed by atoms with Gasteiger partial charge in [-0.25, -0.2) is 8.78 Å². The lowest BCUT2D eigenvalue weighted by atomic mass is 10.1. The summed E-state index contributed by atoms with van der Waals surface area (Å²) in [4.78, 5) is 3.67. The zero-order chi connectivity index (χ0) is 9.14. The third-order valence-electron chi connectivity index (χ3n) is 1.56. The molecule has 0 bridgehead atoms. The molecule has 0 saturated heterocycles. The standard InChI is InChI=1S/C8H10F2N2/c1-5(11)6-2-7(8(9)10)4-12-3-6/h2-5,8H,11H2,1H3. The van der Waals surface area contributed by atoms with Gasteiger partial charge in [0.05, 0.1) is 0 Å². The van der Waals surface area contributed by atoms with Gasteiger partial charge < -0.3 is 5.73 Å². The molecule has 0 aliphatic rings. The third kappa shape index (κ3) is 1.98. The molecule has 12 heavy (non-hydrogen) atoms. The number of rotatable bonds is 2. The van der Waals surface area contributed by atoms with Crippen molar-refractivity contribution < 1.29 is 8.78 Å². The van der Waals surface area contributed by atoms with Crippen LogP contribution in [0.4, 0.5) is 8.78 Å². The van der Waals surface area contributed by atoms with Crippen molar-refractivity contribution in [2.45, 2.75) is 19.4 Å². The van der Waals surface area contributed by atoms with Gasteiger partial charge in [0, 0.05) is 24.0 Å². The Hall–Kier alpha value is -1.03. The van der Waals surface area contributed by atoms with Gasteiger partial charge >= 0.3 is 0 Å². The Morgan fingerprint density at radius 1 is 1.33 bits per heavy atom. The lowest BCUT2D eigenvalue weighted by Crippen LogP contribution is -2.05. The maximum atomic E-state index is 12.1. The summed E-state index contributed by atoms with van der Waals surface area (Å²) in [5.74, 6) is 0. The van der Waals surface area contributed by atoms with Gasteiger partial charge in [0.2, 0.25) is 0 Å². The van der Waals surface area contributed by atoms with Gasteiger partial charge in [-0.3, -0.25) is 4.98 Å². The van der Waals surface area contributed by atoms with Crippen LogP contribution >= 0.6 is 0 Å². The maximum absolute atomic E-state index is 12.1. The highest BCUT2D eigenvalue weighted by atomic mass is 19.3. The molecule has 4 heteroatoms. The van der Waals surface area contributed by atoms with Crippen LogP contribution in [0.2, 0.25) is 0 Å². The molecular weight excluding hydrogens is 162 g/mol. The van der Waals surface area contributed by atoms with E-state index in [-0.39, 0.29) is 11.6 Å². The molecule has 0 aliphatic carbocycles. The van der Waals surface area contributed by atoms with E-state index in [1.54, 1.807) is 6.92 Å². The van der Waals surface area contributed by atoms with Gasteiger partial charge in [0.25, 0.3) is 6.43 Å². The van der Waals surface area contributed by atoms with Crippen molar-refractivity contribution in [3.8, 4) is 0 Å². The second-order valence-corrected chi connectivity index (χ2v) is 2.64. The molecule has 2 nitrogen and oxygen atoms in total. The van der Waals surface area contributed by atoms with Crippen molar-refractivity contribution in [1.82, 2.24) is 4.98 Å². The molecular formula is C8H10F2N2. The van der Waals surface area contributed by atoms with Gasteiger partial charge in [-0.2, -0.15) is 0 Å². The van der Waals surface area contributed by atoms with Crippen LogP contribution in [-0.2, 0) is 0 Å². The largest absolute Gasteiger partial charge is 0.324 e. The van der Waals surface area contributed by atoms with E-state index in [0.29, 0.717) is 5.56 Å². The fourth-order valence-electron chi connectivity index (χ4n) is 0.845. The summed E-state index contributed by atoms with van der Waals surface area (Å²) < 4.78 is 24.3. The smallest absolute Gasteiger partial charge is 0.265 e. The van der Waals surface area contributed by atoms with Gasteiger partial charge in [0.1, 0.15) is 0 Å². The molecule has 1 atom stereocenters. The topological polar surface area (TPSA) is 38.9 Å². The number of halogens is 2. The Labute approximate surface area is 69.4 Å². The number of hydrogen-bond donors (Lipinski definition) is 1. The van der Waals surface area contributed by atoms with Gasteiger partial charge in [0.15, 0.2) is 0 Å². The number of alkyl halides is 2. The molecule has 0 saturated carbocycles. The van der Waals surface area contributed by atoms with Crippen LogP contribution in [0.1, 0.15) is 30.5 Å². The fourth-order valence-corrected chi connectivity index (χ4v) is 0.845. The second-order valence-electron chi connectivity index (χ2n) is 2.64. The lowest BCUT2D eigenvalue weighted by molar-refractivity contribution is 0.151. The van der Waals surface area contributed by atoms with E-state index in [4.69, 9.17) is 5.73 Å². The minimum Gasteiger partial charge on any atom is -0.324 e. The van der Waals surface area contributed by atoms with Gasteiger partial charge in [-0.15, -0.1) is 0 Å². The number of hydrogen-bond acceptors (Lipinski definition) is 2. The Bertz CT molecular complexity index is 238. The van der Waals surface area contributed by atoms with Crippen LogP contribution in [0, 0.1) is 0 Å². The van der Waals surface area contributed by atoms with Crippen molar-refractivity contribution in [1.29, 1.82) is 0 Å². The van der Waals surface area contributed by atoms with Gasteiger partial charge in [-0.1, -0.05) is 0 Å². The first kappa shape index (κ1) is 9.06. The van der Waals surface area contributed by atoms with Crippen LogP contribution in [0.15, 0.2) is 18.5 Å². The molecule has 0 aliphatic heterocycles. The summed E-state index contributed by atoms with van der Waals surface area (Å²) in [5, 5.41) is 0. The Balaban J connectivity index is 2.96. The normalized spacial score (nSPS) is 13.4. The van der Waals surface area contributed by atoms with E-state index in [0.717, 1.165) is 6.20 Å². The monoisotopic (exact) mass is 172 g/mol. The molecule has 1 unspecified atom stereocenters. The first-order valence-electron chi connectivity index (χ1n) is 3.60. The maximum Gasteiger partial charge on any atom is 0.265 e. The molecule has 0 fully saturated rings. The first-order chi connectivity index (χ1) is 5.61. The predicted molar refractivity (Wildman–Crippen MR) is 41.8 cm³/mol. The molecule has 1 aromatic rings. The average Bonchev–Trinajstić information content (AvgIpc) is 2.04. The summed E-state index contributed by atoms with van der Waals surface area (Å²) in [7, 11) is 0. The molecule has 2 N–H and O–H groups in total. The van der Waals surface area contributed by atoms with Crippen LogP contribution in [-0.4, -0.2) is 4.98 Å². The Morgan fingerprint density at radius 2 is 1.92 bits per heavy atom. The quantitative estimate of drug-likeness (QED) is 0.741. The Morgan fingerprint density at radius 3 is 2.42 bits per heavy atom. The number of nitrogens with zero attached hydrogens (tertiary/aromatic N) is 1. The summed E-state index contributed by atoms with van der Waals surface area (Å²) in [6.07, 6.45) is 0.170. The van der Waals surface area contributed by atoms with Crippen molar-refractivity contribution in [3.05, 3.63) is 29.6 Å². The number of pyridine rings is 1.